The maximum absolute atomic E-state index is 12.8. The quantitative estimate of drug-likeness (QED) is 0.655. The smallest absolute Gasteiger partial charge is 0.269 e. The van der Waals surface area contributed by atoms with Crippen LogP contribution in [0.15, 0.2) is 48.5 Å². The van der Waals surface area contributed by atoms with Crippen LogP contribution >= 0.6 is 0 Å². The Morgan fingerprint density at radius 2 is 1.07 bits per heavy atom. The van der Waals surface area contributed by atoms with Crippen LogP contribution in [0.1, 0.15) is 37.1 Å². The third-order valence-corrected chi connectivity index (χ3v) is 5.37. The van der Waals surface area contributed by atoms with Gasteiger partial charge >= 0.3 is 0 Å². The van der Waals surface area contributed by atoms with Gasteiger partial charge in [0.05, 0.1) is 21.7 Å². The van der Waals surface area contributed by atoms with Crippen molar-refractivity contribution in [2.75, 3.05) is 0 Å². The number of nitrogens with zero attached hydrogens (tertiary/aromatic N) is 2. The lowest BCUT2D eigenvalue weighted by molar-refractivity contribution is -0.748. The number of piperidine rings is 1. The van der Waals surface area contributed by atoms with Gasteiger partial charge in [-0.2, -0.15) is 0 Å². The topological polar surface area (TPSA) is 120 Å². The molecule has 0 unspecified atom stereocenters. The zero-order valence-electron chi connectivity index (χ0n) is 14.9. The fourth-order valence-corrected chi connectivity index (χ4v) is 3.76. The van der Waals surface area contributed by atoms with Crippen LogP contribution in [0.4, 0.5) is 11.4 Å². The van der Waals surface area contributed by atoms with Gasteiger partial charge in [0.25, 0.3) is 11.4 Å². The first-order valence-corrected chi connectivity index (χ1v) is 8.67. The number of benzene rings is 2. The highest BCUT2D eigenvalue weighted by atomic mass is 16.6. The molecule has 2 aromatic rings. The standard InChI is InChI=1S/C19H19N3O5/c1-11-17(13-3-7-15(8-4-13)21(24)25)20-18(12(2)19(11)23)14-5-9-16(10-6-14)22(26)27/h3-12,17-18,20H,1-2H3/p+1/t11-,12+,17-,18-/m0/s1. The molecule has 8 nitrogen and oxygen atoms in total. The molecule has 0 saturated carbocycles. The molecule has 0 aromatic heterocycles. The first-order chi connectivity index (χ1) is 12.8. The maximum Gasteiger partial charge on any atom is 0.269 e. The summed E-state index contributed by atoms with van der Waals surface area (Å²) < 4.78 is 0. The molecule has 2 aromatic carbocycles. The van der Waals surface area contributed by atoms with E-state index >= 15 is 0 Å². The highest BCUT2D eigenvalue weighted by Crippen LogP contribution is 2.33. The molecule has 2 N–H and O–H groups in total. The SMILES string of the molecule is C[C@@H]1C(=O)[C@H](C)[C@@H](c2ccc([N+](=O)[O-])cc2)[NH2+][C@@H]1c1ccc([N+](=O)[O-])cc1. The van der Waals surface area contributed by atoms with Crippen LogP contribution in [0.3, 0.4) is 0 Å². The molecule has 0 radical (unpaired) electrons. The number of carbonyl (C=O) groups excluding carboxylic acids is 1. The molecule has 1 aliphatic heterocycles. The molecule has 1 fully saturated rings. The van der Waals surface area contributed by atoms with Gasteiger partial charge in [-0.3, -0.25) is 25.0 Å². The Bertz CT molecular complexity index is 808. The van der Waals surface area contributed by atoms with E-state index in [9.17, 15) is 25.0 Å². The van der Waals surface area contributed by atoms with Crippen molar-refractivity contribution in [2.45, 2.75) is 25.9 Å². The zero-order chi connectivity index (χ0) is 19.7. The van der Waals surface area contributed by atoms with Gasteiger partial charge < -0.3 is 5.32 Å². The molecule has 1 saturated heterocycles. The Hall–Kier alpha value is -3.13. The van der Waals surface area contributed by atoms with Crippen LogP contribution in [-0.4, -0.2) is 15.6 Å². The summed E-state index contributed by atoms with van der Waals surface area (Å²) in [6.45, 7) is 3.74. The zero-order valence-corrected chi connectivity index (χ0v) is 14.9. The van der Waals surface area contributed by atoms with E-state index < -0.39 is 9.85 Å². The summed E-state index contributed by atoms with van der Waals surface area (Å²) in [4.78, 5) is 33.6. The number of rotatable bonds is 4. The number of Topliss-reactive ketones (excluding diaryl/α,β-unsaturated/α-hetero) is 1. The second-order valence-electron chi connectivity index (χ2n) is 6.92. The summed E-state index contributed by atoms with van der Waals surface area (Å²) in [6.07, 6.45) is 0. The van der Waals surface area contributed by atoms with Crippen LogP contribution in [0, 0.1) is 32.1 Å². The van der Waals surface area contributed by atoms with Crippen molar-refractivity contribution in [1.82, 2.24) is 0 Å². The average Bonchev–Trinajstić information content (AvgIpc) is 2.66. The monoisotopic (exact) mass is 370 g/mol. The Morgan fingerprint density at radius 3 is 1.37 bits per heavy atom. The van der Waals surface area contributed by atoms with Crippen molar-refractivity contribution >= 4 is 17.2 Å². The first-order valence-electron chi connectivity index (χ1n) is 8.67. The van der Waals surface area contributed by atoms with Gasteiger partial charge in [0.1, 0.15) is 12.1 Å². The molecule has 27 heavy (non-hydrogen) atoms. The summed E-state index contributed by atoms with van der Waals surface area (Å²) in [5, 5.41) is 23.8. The Balaban J connectivity index is 1.91. The van der Waals surface area contributed by atoms with E-state index in [1.807, 2.05) is 13.8 Å². The molecule has 1 heterocycles. The van der Waals surface area contributed by atoms with Crippen LogP contribution in [-0.2, 0) is 4.79 Å². The molecule has 8 heteroatoms. The first kappa shape index (κ1) is 18.7. The highest BCUT2D eigenvalue weighted by molar-refractivity contribution is 5.84. The van der Waals surface area contributed by atoms with Gasteiger partial charge in [0, 0.05) is 35.4 Å². The summed E-state index contributed by atoms with van der Waals surface area (Å²) in [7, 11) is 0. The number of non-ortho nitro benzene ring substituents is 2. The number of nitro benzene ring substituents is 2. The largest absolute Gasteiger partial charge is 0.333 e. The van der Waals surface area contributed by atoms with E-state index in [1.165, 1.54) is 24.3 Å². The predicted molar refractivity (Wildman–Crippen MR) is 96.9 cm³/mol. The van der Waals surface area contributed by atoms with Crippen molar-refractivity contribution in [3.63, 3.8) is 0 Å². The second-order valence-corrected chi connectivity index (χ2v) is 6.92. The van der Waals surface area contributed by atoms with E-state index in [2.05, 4.69) is 5.32 Å². The minimum Gasteiger partial charge on any atom is -0.333 e. The lowest BCUT2D eigenvalue weighted by Gasteiger charge is -2.36. The number of nitro groups is 2. The summed E-state index contributed by atoms with van der Waals surface area (Å²) in [6, 6.07) is 12.2. The lowest BCUT2D eigenvalue weighted by Crippen LogP contribution is -2.91. The molecule has 4 atom stereocenters. The number of carbonyl (C=O) groups is 1. The molecule has 0 aliphatic carbocycles. The molecule has 3 rings (SSSR count). The maximum atomic E-state index is 12.8. The third-order valence-electron chi connectivity index (χ3n) is 5.37. The van der Waals surface area contributed by atoms with Gasteiger partial charge in [-0.1, -0.05) is 0 Å². The van der Waals surface area contributed by atoms with E-state index in [-0.39, 0.29) is 41.1 Å². The van der Waals surface area contributed by atoms with E-state index in [1.54, 1.807) is 24.3 Å². The van der Waals surface area contributed by atoms with Crippen molar-refractivity contribution in [3.8, 4) is 0 Å². The Labute approximate surface area is 155 Å². The average molecular weight is 370 g/mol. The second kappa shape index (κ2) is 7.24. The summed E-state index contributed by atoms with van der Waals surface area (Å²) in [5.74, 6) is -0.365. The summed E-state index contributed by atoms with van der Waals surface area (Å²) in [5.41, 5.74) is 1.71. The van der Waals surface area contributed by atoms with Gasteiger partial charge in [-0.15, -0.1) is 0 Å². The fourth-order valence-electron chi connectivity index (χ4n) is 3.76. The number of hydrogen-bond donors (Lipinski definition) is 1. The minimum absolute atomic E-state index is 0.00817. The van der Waals surface area contributed by atoms with Crippen molar-refractivity contribution < 1.29 is 20.0 Å². The molecule has 1 aliphatic rings. The molecule has 0 spiro atoms. The van der Waals surface area contributed by atoms with E-state index in [4.69, 9.17) is 0 Å². The van der Waals surface area contributed by atoms with Crippen LogP contribution < -0.4 is 5.32 Å². The highest BCUT2D eigenvalue weighted by Gasteiger charge is 2.43. The van der Waals surface area contributed by atoms with Crippen LogP contribution in [0.25, 0.3) is 0 Å². The van der Waals surface area contributed by atoms with E-state index in [0.717, 1.165) is 11.1 Å². The third kappa shape index (κ3) is 3.56. The van der Waals surface area contributed by atoms with Gasteiger partial charge in [-0.25, -0.2) is 0 Å². The van der Waals surface area contributed by atoms with Gasteiger partial charge in [-0.05, 0) is 38.1 Å². The number of hydrogen-bond acceptors (Lipinski definition) is 5. The predicted octanol–water partition coefficient (Wildman–Crippen LogP) is 2.70. The Kier molecular flexibility index (Phi) is 5.00. The molecule has 0 amide bonds. The van der Waals surface area contributed by atoms with Crippen molar-refractivity contribution in [1.29, 1.82) is 0 Å². The van der Waals surface area contributed by atoms with Crippen LogP contribution in [0.5, 0.6) is 0 Å². The molecular weight excluding hydrogens is 350 g/mol. The van der Waals surface area contributed by atoms with Crippen molar-refractivity contribution in [3.05, 3.63) is 79.9 Å². The van der Waals surface area contributed by atoms with Crippen molar-refractivity contribution in [2.24, 2.45) is 11.8 Å². The summed E-state index contributed by atoms with van der Waals surface area (Å²) >= 11 is 0. The van der Waals surface area contributed by atoms with Gasteiger partial charge in [0.2, 0.25) is 0 Å². The molecule has 140 valence electrons. The lowest BCUT2D eigenvalue weighted by atomic mass is 9.76. The van der Waals surface area contributed by atoms with E-state index in [0.29, 0.717) is 0 Å². The Morgan fingerprint density at radius 1 is 0.741 bits per heavy atom. The van der Waals surface area contributed by atoms with Gasteiger partial charge in [0.15, 0.2) is 5.78 Å². The molecular formula is C19H20N3O5+. The molecule has 0 bridgehead atoms. The number of nitrogens with two attached hydrogens (primary N) is 1. The minimum atomic E-state index is -0.454. The number of ketones is 1. The van der Waals surface area contributed by atoms with Crippen LogP contribution in [0.2, 0.25) is 0 Å². The normalized spacial score (nSPS) is 25.2. The fraction of sp³-hybridized carbons (Fsp3) is 0.316. The number of quaternary nitrogens is 1.